The Morgan fingerprint density at radius 2 is 1.83 bits per heavy atom. The summed E-state index contributed by atoms with van der Waals surface area (Å²) in [6, 6.07) is 12.1. The number of likely N-dealkylation sites (N-methyl/N-ethyl adjacent to an activating group) is 1. The molecule has 1 aliphatic rings. The average molecular weight is 540 g/mol. The number of nitrogens with one attached hydrogen (secondary N) is 1. The van der Waals surface area contributed by atoms with E-state index >= 15 is 0 Å². The van der Waals surface area contributed by atoms with Crippen LogP contribution in [0, 0.1) is 5.92 Å². The minimum absolute atomic E-state index is 0.0529. The van der Waals surface area contributed by atoms with Crippen LogP contribution in [0.3, 0.4) is 0 Å². The molecule has 3 atom stereocenters. The van der Waals surface area contributed by atoms with E-state index in [-0.39, 0.29) is 48.5 Å². The summed E-state index contributed by atoms with van der Waals surface area (Å²) in [4.78, 5) is 14.9. The summed E-state index contributed by atoms with van der Waals surface area (Å²) in [6.45, 7) is 3.66. The Morgan fingerprint density at radius 1 is 1.17 bits per heavy atom. The van der Waals surface area contributed by atoms with E-state index in [1.807, 2.05) is 6.92 Å². The van der Waals surface area contributed by atoms with Crippen molar-refractivity contribution in [3.8, 4) is 5.75 Å². The fourth-order valence-corrected chi connectivity index (χ4v) is 5.40. The molecule has 36 heavy (non-hydrogen) atoms. The van der Waals surface area contributed by atoms with Gasteiger partial charge in [0.05, 0.1) is 36.8 Å². The predicted octanol–water partition coefficient (Wildman–Crippen LogP) is 1.53. The number of amides is 1. The summed E-state index contributed by atoms with van der Waals surface area (Å²) in [5, 5.41) is 9.73. The number of anilines is 1. The summed E-state index contributed by atoms with van der Waals surface area (Å²) < 4.78 is 59.7. The lowest BCUT2D eigenvalue weighted by molar-refractivity contribution is -0.134. The van der Waals surface area contributed by atoms with Gasteiger partial charge >= 0.3 is 0 Å². The van der Waals surface area contributed by atoms with E-state index in [0.717, 1.165) is 6.26 Å². The molecule has 0 radical (unpaired) electrons. The van der Waals surface area contributed by atoms with Crippen molar-refractivity contribution in [3.05, 3.63) is 54.1 Å². The third-order valence-corrected chi connectivity index (χ3v) is 8.90. The van der Waals surface area contributed by atoms with Gasteiger partial charge in [-0.15, -0.1) is 0 Å². The Labute approximate surface area is 213 Å². The van der Waals surface area contributed by atoms with Crippen molar-refractivity contribution in [1.82, 2.24) is 9.21 Å². The summed E-state index contributed by atoms with van der Waals surface area (Å²) in [6.07, 6.45) is 0.423. The molecule has 0 aliphatic carbocycles. The van der Waals surface area contributed by atoms with E-state index in [1.54, 1.807) is 42.2 Å². The number of nitrogens with zero attached hydrogens (tertiary/aromatic N) is 2. The van der Waals surface area contributed by atoms with E-state index in [0.29, 0.717) is 11.3 Å². The Hall–Kier alpha value is -2.67. The minimum atomic E-state index is -3.85. The topological polar surface area (TPSA) is 133 Å². The molecule has 12 heteroatoms. The van der Waals surface area contributed by atoms with Gasteiger partial charge in [0.1, 0.15) is 11.9 Å². The fourth-order valence-electron chi connectivity index (χ4n) is 3.91. The molecule has 1 heterocycles. The first-order valence-corrected chi connectivity index (χ1v) is 14.8. The molecule has 10 nitrogen and oxygen atoms in total. The lowest BCUT2D eigenvalue weighted by atomic mass is 10.0. The second kappa shape index (κ2) is 11.2. The van der Waals surface area contributed by atoms with Crippen molar-refractivity contribution in [3.63, 3.8) is 0 Å². The summed E-state index contributed by atoms with van der Waals surface area (Å²) in [5.41, 5.74) is 0.706. The van der Waals surface area contributed by atoms with Crippen LogP contribution in [0.25, 0.3) is 0 Å². The molecular weight excluding hydrogens is 506 g/mol. The maximum atomic E-state index is 13.2. The van der Waals surface area contributed by atoms with Gasteiger partial charge in [0, 0.05) is 30.8 Å². The van der Waals surface area contributed by atoms with Crippen molar-refractivity contribution in [2.24, 2.45) is 5.92 Å². The highest BCUT2D eigenvalue weighted by molar-refractivity contribution is 7.92. The van der Waals surface area contributed by atoms with Gasteiger partial charge in [0.2, 0.25) is 15.9 Å². The molecule has 0 saturated carbocycles. The predicted molar refractivity (Wildman–Crippen MR) is 137 cm³/mol. The Bertz CT molecular complexity index is 1280. The molecule has 2 N–H and O–H groups in total. The van der Waals surface area contributed by atoms with Crippen molar-refractivity contribution >= 4 is 31.6 Å². The Balaban J connectivity index is 2.00. The molecule has 0 unspecified atom stereocenters. The van der Waals surface area contributed by atoms with Crippen LogP contribution < -0.4 is 9.46 Å². The molecule has 1 aliphatic heterocycles. The van der Waals surface area contributed by atoms with Gasteiger partial charge in [-0.1, -0.05) is 25.1 Å². The fraction of sp³-hybridized carbons (Fsp3) is 0.458. The highest BCUT2D eigenvalue weighted by Gasteiger charge is 2.32. The standard InChI is InChI=1S/C24H33N3O7S2/c1-17-14-27(18(2)16-28)24(29)13-19-12-20(25-36(32,33)21-8-6-5-7-9-21)10-11-22(19)34-23(17)15-26(3)35(4,30)31/h5-12,17-18,23,25,28H,13-16H2,1-4H3/t17-,18+,23+/m0/s1. The van der Waals surface area contributed by atoms with Crippen LogP contribution in [-0.2, 0) is 31.3 Å². The number of rotatable bonds is 8. The highest BCUT2D eigenvalue weighted by Crippen LogP contribution is 2.30. The molecule has 3 rings (SSSR count). The van der Waals surface area contributed by atoms with Gasteiger partial charge in [0.25, 0.3) is 10.0 Å². The largest absolute Gasteiger partial charge is 0.488 e. The molecule has 2 aromatic carbocycles. The first kappa shape index (κ1) is 27.9. The van der Waals surface area contributed by atoms with Gasteiger partial charge in [-0.3, -0.25) is 9.52 Å². The molecule has 0 spiro atoms. The van der Waals surface area contributed by atoms with Crippen molar-refractivity contribution in [2.45, 2.75) is 37.3 Å². The molecule has 1 amide bonds. The number of fused-ring (bicyclic) bond motifs is 1. The molecular formula is C24H33N3O7S2. The summed E-state index contributed by atoms with van der Waals surface area (Å²) >= 11 is 0. The van der Waals surface area contributed by atoms with Crippen LogP contribution in [0.15, 0.2) is 53.4 Å². The number of benzene rings is 2. The zero-order valence-electron chi connectivity index (χ0n) is 20.8. The van der Waals surface area contributed by atoms with Gasteiger partial charge < -0.3 is 14.7 Å². The number of ether oxygens (including phenoxy) is 1. The van der Waals surface area contributed by atoms with Crippen LogP contribution in [0.2, 0.25) is 0 Å². The minimum Gasteiger partial charge on any atom is -0.488 e. The van der Waals surface area contributed by atoms with E-state index in [4.69, 9.17) is 4.74 Å². The van der Waals surface area contributed by atoms with Crippen LogP contribution in [0.1, 0.15) is 19.4 Å². The third kappa shape index (κ3) is 6.75. The van der Waals surface area contributed by atoms with E-state index < -0.39 is 32.2 Å². The Morgan fingerprint density at radius 3 is 2.44 bits per heavy atom. The number of hydrogen-bond acceptors (Lipinski definition) is 7. The van der Waals surface area contributed by atoms with Gasteiger partial charge in [0.15, 0.2) is 0 Å². The number of sulfonamides is 2. The number of carbonyl (C=O) groups excluding carboxylic acids is 1. The van der Waals surface area contributed by atoms with E-state index in [1.165, 1.54) is 29.6 Å². The van der Waals surface area contributed by atoms with Crippen molar-refractivity contribution in [1.29, 1.82) is 0 Å². The SMILES string of the molecule is C[C@H](CO)N1C[C@H](C)[C@@H](CN(C)S(C)(=O)=O)Oc2ccc(NS(=O)(=O)c3ccccc3)cc2CC1=O. The molecule has 198 valence electrons. The smallest absolute Gasteiger partial charge is 0.261 e. The highest BCUT2D eigenvalue weighted by atomic mass is 32.2. The van der Waals surface area contributed by atoms with Crippen LogP contribution in [0.5, 0.6) is 5.75 Å². The number of aliphatic hydroxyl groups excluding tert-OH is 1. The number of aliphatic hydroxyl groups is 1. The van der Waals surface area contributed by atoms with Gasteiger partial charge in [-0.25, -0.2) is 21.1 Å². The molecule has 2 aromatic rings. The monoisotopic (exact) mass is 539 g/mol. The van der Waals surface area contributed by atoms with Crippen LogP contribution in [0.4, 0.5) is 5.69 Å². The summed E-state index contributed by atoms with van der Waals surface area (Å²) in [7, 11) is -5.87. The van der Waals surface area contributed by atoms with Crippen LogP contribution >= 0.6 is 0 Å². The molecule has 0 aromatic heterocycles. The second-order valence-electron chi connectivity index (χ2n) is 9.17. The first-order chi connectivity index (χ1) is 16.8. The van der Waals surface area contributed by atoms with E-state index in [9.17, 15) is 26.7 Å². The van der Waals surface area contributed by atoms with Crippen LogP contribution in [-0.4, -0.2) is 82.2 Å². The zero-order valence-corrected chi connectivity index (χ0v) is 22.4. The summed E-state index contributed by atoms with van der Waals surface area (Å²) in [5.74, 6) is -0.161. The Kier molecular flexibility index (Phi) is 8.65. The maximum absolute atomic E-state index is 13.2. The number of hydrogen-bond donors (Lipinski definition) is 2. The number of carbonyl (C=O) groups is 1. The molecule has 0 fully saturated rings. The second-order valence-corrected chi connectivity index (χ2v) is 12.9. The van der Waals surface area contributed by atoms with E-state index in [2.05, 4.69) is 4.72 Å². The normalized spacial score (nSPS) is 20.1. The van der Waals surface area contributed by atoms with Gasteiger partial charge in [-0.05, 0) is 37.3 Å². The third-order valence-electron chi connectivity index (χ3n) is 6.23. The first-order valence-electron chi connectivity index (χ1n) is 11.5. The zero-order chi connectivity index (χ0) is 26.7. The molecule has 0 bridgehead atoms. The van der Waals surface area contributed by atoms with Crippen molar-refractivity contribution in [2.75, 3.05) is 37.7 Å². The van der Waals surface area contributed by atoms with Gasteiger partial charge in [-0.2, -0.15) is 0 Å². The van der Waals surface area contributed by atoms with Crippen molar-refractivity contribution < 1.29 is 31.5 Å². The quantitative estimate of drug-likeness (QED) is 0.520. The maximum Gasteiger partial charge on any atom is 0.261 e. The average Bonchev–Trinajstić information content (AvgIpc) is 2.86. The lowest BCUT2D eigenvalue weighted by Gasteiger charge is -2.33. The molecule has 0 saturated heterocycles. The lowest BCUT2D eigenvalue weighted by Crippen LogP contribution is -2.48.